The summed E-state index contributed by atoms with van der Waals surface area (Å²) in [5.74, 6) is 0.845. The van der Waals surface area contributed by atoms with Gasteiger partial charge in [0.2, 0.25) is 0 Å². The second-order valence-electron chi connectivity index (χ2n) is 4.10. The van der Waals surface area contributed by atoms with Crippen molar-refractivity contribution in [3.05, 3.63) is 0 Å². The topological polar surface area (TPSA) is 47.6 Å². The fourth-order valence-corrected chi connectivity index (χ4v) is 1.25. The number of ether oxygens (including phenoxy) is 2. The number of carbonyl (C=O) groups is 1. The van der Waals surface area contributed by atoms with Crippen molar-refractivity contribution < 1.29 is 14.3 Å². The highest BCUT2D eigenvalue weighted by atomic mass is 16.6. The molecule has 0 aliphatic carbocycles. The van der Waals surface area contributed by atoms with Crippen LogP contribution in [-0.4, -0.2) is 32.5 Å². The van der Waals surface area contributed by atoms with Gasteiger partial charge in [0.1, 0.15) is 0 Å². The highest BCUT2D eigenvalue weighted by molar-refractivity contribution is 5.67. The molecular formula is C10H19NO3. The van der Waals surface area contributed by atoms with Crippen LogP contribution in [0.5, 0.6) is 0 Å². The zero-order valence-corrected chi connectivity index (χ0v) is 8.91. The molecule has 1 amide bonds. The maximum Gasteiger partial charge on any atom is 0.407 e. The van der Waals surface area contributed by atoms with E-state index in [2.05, 4.69) is 5.32 Å². The van der Waals surface area contributed by atoms with E-state index in [1.807, 2.05) is 13.8 Å². The van der Waals surface area contributed by atoms with Gasteiger partial charge >= 0.3 is 6.09 Å². The molecule has 0 saturated carbocycles. The molecule has 1 unspecified atom stereocenters. The number of alkyl carbamates (subject to hydrolysis) is 1. The van der Waals surface area contributed by atoms with Crippen LogP contribution in [0.15, 0.2) is 0 Å². The van der Waals surface area contributed by atoms with Gasteiger partial charge in [0.15, 0.2) is 0 Å². The second-order valence-corrected chi connectivity index (χ2v) is 4.10. The van der Waals surface area contributed by atoms with Crippen LogP contribution in [0.4, 0.5) is 4.79 Å². The Labute approximate surface area is 85.0 Å². The maximum absolute atomic E-state index is 11.1. The van der Waals surface area contributed by atoms with Crippen molar-refractivity contribution in [2.75, 3.05) is 26.4 Å². The first-order valence-electron chi connectivity index (χ1n) is 5.17. The molecule has 1 heterocycles. The largest absolute Gasteiger partial charge is 0.449 e. The Bertz CT molecular complexity index is 176. The van der Waals surface area contributed by atoms with Crippen LogP contribution < -0.4 is 5.32 Å². The third kappa shape index (κ3) is 4.46. The van der Waals surface area contributed by atoms with Crippen LogP contribution in [0.25, 0.3) is 0 Å². The van der Waals surface area contributed by atoms with Crippen molar-refractivity contribution in [1.82, 2.24) is 5.32 Å². The maximum atomic E-state index is 11.1. The fraction of sp³-hybridized carbons (Fsp3) is 0.900. The molecule has 1 N–H and O–H groups in total. The molecule has 4 nitrogen and oxygen atoms in total. The molecule has 0 bridgehead atoms. The molecule has 1 saturated heterocycles. The molecule has 1 atom stereocenters. The minimum atomic E-state index is -0.314. The number of carbonyl (C=O) groups excluding carboxylic acids is 1. The summed E-state index contributed by atoms with van der Waals surface area (Å²) >= 11 is 0. The van der Waals surface area contributed by atoms with Crippen LogP contribution in [0.1, 0.15) is 20.3 Å². The van der Waals surface area contributed by atoms with Gasteiger partial charge in [0.05, 0.1) is 13.2 Å². The summed E-state index contributed by atoms with van der Waals surface area (Å²) in [4.78, 5) is 11.1. The number of hydrogen-bond acceptors (Lipinski definition) is 3. The van der Waals surface area contributed by atoms with E-state index in [4.69, 9.17) is 9.47 Å². The third-order valence-electron chi connectivity index (χ3n) is 2.13. The van der Waals surface area contributed by atoms with Gasteiger partial charge in [-0.1, -0.05) is 13.8 Å². The van der Waals surface area contributed by atoms with Gasteiger partial charge in [0, 0.05) is 19.1 Å². The van der Waals surface area contributed by atoms with Crippen molar-refractivity contribution in [3.63, 3.8) is 0 Å². The lowest BCUT2D eigenvalue weighted by molar-refractivity contribution is 0.116. The van der Waals surface area contributed by atoms with Crippen molar-refractivity contribution in [3.8, 4) is 0 Å². The van der Waals surface area contributed by atoms with E-state index in [0.717, 1.165) is 19.6 Å². The fourth-order valence-electron chi connectivity index (χ4n) is 1.25. The predicted molar refractivity (Wildman–Crippen MR) is 53.1 cm³/mol. The lowest BCUT2D eigenvalue weighted by Crippen LogP contribution is -2.29. The van der Waals surface area contributed by atoms with E-state index in [0.29, 0.717) is 25.0 Å². The molecule has 1 fully saturated rings. The van der Waals surface area contributed by atoms with Gasteiger partial charge < -0.3 is 14.8 Å². The lowest BCUT2D eigenvalue weighted by atomic mass is 10.1. The first-order valence-corrected chi connectivity index (χ1v) is 5.17. The van der Waals surface area contributed by atoms with Crippen molar-refractivity contribution in [2.24, 2.45) is 11.8 Å². The summed E-state index contributed by atoms with van der Waals surface area (Å²) < 4.78 is 10.2. The summed E-state index contributed by atoms with van der Waals surface area (Å²) in [6.07, 6.45) is 0.683. The monoisotopic (exact) mass is 201 g/mol. The van der Waals surface area contributed by atoms with E-state index in [9.17, 15) is 4.79 Å². The molecule has 4 heteroatoms. The minimum Gasteiger partial charge on any atom is -0.449 e. The molecule has 14 heavy (non-hydrogen) atoms. The Morgan fingerprint density at radius 2 is 2.43 bits per heavy atom. The van der Waals surface area contributed by atoms with Crippen molar-refractivity contribution >= 4 is 6.09 Å². The molecule has 0 radical (unpaired) electrons. The van der Waals surface area contributed by atoms with Gasteiger partial charge in [-0.05, 0) is 12.3 Å². The average Bonchev–Trinajstić information content (AvgIpc) is 2.63. The summed E-state index contributed by atoms with van der Waals surface area (Å²) in [5, 5.41) is 2.70. The molecule has 1 aliphatic heterocycles. The molecule has 0 aromatic carbocycles. The number of nitrogens with one attached hydrogen (secondary N) is 1. The third-order valence-corrected chi connectivity index (χ3v) is 2.13. The van der Waals surface area contributed by atoms with Crippen LogP contribution in [0.2, 0.25) is 0 Å². The number of rotatable bonds is 4. The molecule has 1 aliphatic rings. The highest BCUT2D eigenvalue weighted by Gasteiger charge is 2.17. The van der Waals surface area contributed by atoms with Crippen LogP contribution in [0, 0.1) is 11.8 Å². The smallest absolute Gasteiger partial charge is 0.407 e. The number of amides is 1. The Morgan fingerprint density at radius 3 is 3.00 bits per heavy atom. The van der Waals surface area contributed by atoms with E-state index >= 15 is 0 Å². The van der Waals surface area contributed by atoms with Gasteiger partial charge in [-0.25, -0.2) is 4.79 Å². The predicted octanol–water partition coefficient (Wildman–Crippen LogP) is 1.41. The van der Waals surface area contributed by atoms with Gasteiger partial charge in [-0.2, -0.15) is 0 Å². The first kappa shape index (κ1) is 11.3. The zero-order chi connectivity index (χ0) is 10.4. The normalized spacial score (nSPS) is 21.2. The van der Waals surface area contributed by atoms with Gasteiger partial charge in [0.25, 0.3) is 0 Å². The van der Waals surface area contributed by atoms with Gasteiger partial charge in [-0.15, -0.1) is 0 Å². The molecule has 0 spiro atoms. The summed E-state index contributed by atoms with van der Waals surface area (Å²) in [7, 11) is 0. The summed E-state index contributed by atoms with van der Waals surface area (Å²) in [5.41, 5.74) is 0. The minimum absolute atomic E-state index is 0.314. The average molecular weight is 201 g/mol. The zero-order valence-electron chi connectivity index (χ0n) is 8.91. The van der Waals surface area contributed by atoms with Crippen LogP contribution in [-0.2, 0) is 9.47 Å². The Kier molecular flexibility index (Phi) is 4.73. The van der Waals surface area contributed by atoms with E-state index in [1.54, 1.807) is 0 Å². The van der Waals surface area contributed by atoms with Crippen molar-refractivity contribution in [1.29, 1.82) is 0 Å². The second kappa shape index (κ2) is 5.86. The Balaban J connectivity index is 2.02. The number of hydrogen-bond donors (Lipinski definition) is 1. The molecule has 82 valence electrons. The van der Waals surface area contributed by atoms with Crippen molar-refractivity contribution in [2.45, 2.75) is 20.3 Å². The van der Waals surface area contributed by atoms with Crippen LogP contribution >= 0.6 is 0 Å². The molecular weight excluding hydrogens is 182 g/mol. The first-order chi connectivity index (χ1) is 6.68. The van der Waals surface area contributed by atoms with E-state index in [1.165, 1.54) is 0 Å². The van der Waals surface area contributed by atoms with Gasteiger partial charge in [-0.3, -0.25) is 0 Å². The lowest BCUT2D eigenvalue weighted by Gasteiger charge is -2.11. The molecule has 0 aromatic heterocycles. The molecule has 1 rings (SSSR count). The molecule has 0 aromatic rings. The van der Waals surface area contributed by atoms with E-state index < -0.39 is 0 Å². The summed E-state index contributed by atoms with van der Waals surface area (Å²) in [6.45, 7) is 6.75. The van der Waals surface area contributed by atoms with E-state index in [-0.39, 0.29) is 6.09 Å². The summed E-state index contributed by atoms with van der Waals surface area (Å²) in [6, 6.07) is 0. The van der Waals surface area contributed by atoms with Crippen LogP contribution in [0.3, 0.4) is 0 Å². The highest BCUT2D eigenvalue weighted by Crippen LogP contribution is 2.12. The SMILES string of the molecule is CC(C)CNC(=O)OCC1CCOC1. The standard InChI is InChI=1S/C10H19NO3/c1-8(2)5-11-10(12)14-7-9-3-4-13-6-9/h8-9H,3-7H2,1-2H3,(H,11,12). The Morgan fingerprint density at radius 1 is 1.64 bits per heavy atom. The Hall–Kier alpha value is -0.770. The quantitative estimate of drug-likeness (QED) is 0.748.